The predicted molar refractivity (Wildman–Crippen MR) is 98.1 cm³/mol. The van der Waals surface area contributed by atoms with Crippen molar-refractivity contribution in [3.05, 3.63) is 38.9 Å². The van der Waals surface area contributed by atoms with Crippen molar-refractivity contribution in [2.24, 2.45) is 0 Å². The standard InChI is InChI=1S/C16H21ClF2N2O5S/c1-6-26-13(22)16(18,19)15(5,20-27(25)14(2,3)4)11-9-10(21(23)24)7-8-12(11)17/h7-9,20H,6H2,1-5H3/t15-,27-/m1/s1. The van der Waals surface area contributed by atoms with E-state index < -0.39 is 49.7 Å². The van der Waals surface area contributed by atoms with Crippen molar-refractivity contribution in [1.82, 2.24) is 4.72 Å². The summed E-state index contributed by atoms with van der Waals surface area (Å²) in [6.45, 7) is 6.55. The molecule has 1 rings (SSSR count). The highest BCUT2D eigenvalue weighted by atomic mass is 35.5. The Labute approximate surface area is 163 Å². The van der Waals surface area contributed by atoms with Crippen LogP contribution >= 0.6 is 11.6 Å². The lowest BCUT2D eigenvalue weighted by atomic mass is 9.86. The van der Waals surface area contributed by atoms with Gasteiger partial charge in [0.1, 0.15) is 4.75 Å². The van der Waals surface area contributed by atoms with Crippen molar-refractivity contribution in [2.45, 2.75) is 50.8 Å². The molecule has 1 aromatic carbocycles. The lowest BCUT2D eigenvalue weighted by Gasteiger charge is -2.39. The highest BCUT2D eigenvalue weighted by Gasteiger charge is 2.62. The van der Waals surface area contributed by atoms with Crippen LogP contribution in [0.25, 0.3) is 0 Å². The van der Waals surface area contributed by atoms with E-state index in [9.17, 15) is 19.5 Å². The van der Waals surface area contributed by atoms with E-state index in [1.165, 1.54) is 27.7 Å². The zero-order chi connectivity index (χ0) is 21.2. The summed E-state index contributed by atoms with van der Waals surface area (Å²) in [6.07, 6.45) is 0. The Morgan fingerprint density at radius 1 is 1.33 bits per heavy atom. The van der Waals surface area contributed by atoms with Crippen LogP contribution in [0, 0.1) is 10.1 Å². The van der Waals surface area contributed by atoms with Crippen LogP contribution in [0.3, 0.4) is 0 Å². The first-order valence-corrected chi connectivity index (χ1v) is 9.40. The van der Waals surface area contributed by atoms with Crippen LogP contribution < -0.4 is 4.72 Å². The highest BCUT2D eigenvalue weighted by Crippen LogP contribution is 2.44. The number of carbonyl (C=O) groups excluding carboxylic acids is 1. The lowest BCUT2D eigenvalue weighted by molar-refractivity contribution is -0.385. The molecule has 0 amide bonds. The first-order chi connectivity index (χ1) is 12.2. The number of non-ortho nitro benzene ring substituents is 1. The summed E-state index contributed by atoms with van der Waals surface area (Å²) in [4.78, 5) is 22.2. The molecule has 0 aliphatic carbocycles. The molecule has 11 heteroatoms. The Balaban J connectivity index is 3.67. The van der Waals surface area contributed by atoms with Gasteiger partial charge in [-0.1, -0.05) is 11.6 Å². The third-order valence-electron chi connectivity index (χ3n) is 3.71. The van der Waals surface area contributed by atoms with Crippen molar-refractivity contribution in [3.8, 4) is 0 Å². The first-order valence-electron chi connectivity index (χ1n) is 7.87. The van der Waals surface area contributed by atoms with E-state index in [1.54, 1.807) is 0 Å². The molecule has 0 fully saturated rings. The van der Waals surface area contributed by atoms with Gasteiger partial charge in [-0.25, -0.2) is 4.79 Å². The molecule has 0 saturated heterocycles. The fourth-order valence-electron chi connectivity index (χ4n) is 2.06. The molecule has 0 heterocycles. The maximum absolute atomic E-state index is 15.1. The fourth-order valence-corrected chi connectivity index (χ4v) is 3.28. The van der Waals surface area contributed by atoms with Gasteiger partial charge >= 0.3 is 11.9 Å². The minimum absolute atomic E-state index is 0.259. The summed E-state index contributed by atoms with van der Waals surface area (Å²) in [5.41, 5.74) is -3.60. The van der Waals surface area contributed by atoms with Crippen molar-refractivity contribution in [3.63, 3.8) is 0 Å². The molecule has 27 heavy (non-hydrogen) atoms. The molecule has 0 aliphatic heterocycles. The molecule has 1 N–H and O–H groups in total. The van der Waals surface area contributed by atoms with Gasteiger partial charge in [-0.05, 0) is 40.7 Å². The summed E-state index contributed by atoms with van der Waals surface area (Å²) in [5, 5.41) is 10.8. The van der Waals surface area contributed by atoms with Gasteiger partial charge in [0.2, 0.25) is 0 Å². The number of esters is 1. The molecule has 7 nitrogen and oxygen atoms in total. The third kappa shape index (κ3) is 4.87. The number of nitrogens with one attached hydrogen (secondary N) is 1. The van der Waals surface area contributed by atoms with Crippen LogP contribution in [0.5, 0.6) is 0 Å². The number of nitro groups is 1. The molecule has 0 unspecified atom stereocenters. The normalized spacial score (nSPS) is 15.7. The second-order valence-corrected chi connectivity index (χ2v) is 9.20. The SMILES string of the molecule is CCOC(=O)C(F)(F)[C@](C)(N[S@+]([O-])C(C)(C)C)c1cc([N+](=O)[O-])ccc1Cl. The number of alkyl halides is 2. The Bertz CT molecular complexity index is 729. The number of benzene rings is 1. The number of halogens is 3. The quantitative estimate of drug-likeness (QED) is 0.308. The zero-order valence-electron chi connectivity index (χ0n) is 15.5. The van der Waals surface area contributed by atoms with Gasteiger partial charge in [-0.15, -0.1) is 4.72 Å². The van der Waals surface area contributed by atoms with Gasteiger partial charge in [0, 0.05) is 34.1 Å². The maximum Gasteiger partial charge on any atom is 0.379 e. The van der Waals surface area contributed by atoms with Crippen molar-refractivity contribution >= 4 is 34.6 Å². The fraction of sp³-hybridized carbons (Fsp3) is 0.562. The Morgan fingerprint density at radius 2 is 1.89 bits per heavy atom. The lowest BCUT2D eigenvalue weighted by Crippen LogP contribution is -2.62. The Hall–Kier alpha value is -1.49. The average Bonchev–Trinajstić information content (AvgIpc) is 2.53. The number of ether oxygens (including phenoxy) is 1. The maximum atomic E-state index is 15.1. The monoisotopic (exact) mass is 426 g/mol. The second kappa shape index (κ2) is 8.26. The van der Waals surface area contributed by atoms with E-state index in [2.05, 4.69) is 9.46 Å². The number of hydrogen-bond donors (Lipinski definition) is 1. The summed E-state index contributed by atoms with van der Waals surface area (Å²) in [6, 6.07) is 2.92. The summed E-state index contributed by atoms with van der Waals surface area (Å²) in [7, 11) is 0. The first kappa shape index (κ1) is 23.5. The minimum Gasteiger partial charge on any atom is -0.598 e. The third-order valence-corrected chi connectivity index (χ3v) is 5.75. The van der Waals surface area contributed by atoms with Gasteiger partial charge < -0.3 is 9.29 Å². The number of rotatable bonds is 7. The number of hydrogen-bond acceptors (Lipinski definition) is 6. The van der Waals surface area contributed by atoms with E-state index in [4.69, 9.17) is 11.6 Å². The molecule has 1 aromatic rings. The van der Waals surface area contributed by atoms with Crippen molar-refractivity contribution in [1.29, 1.82) is 0 Å². The molecule has 0 spiro atoms. The van der Waals surface area contributed by atoms with Gasteiger partial charge in [-0.3, -0.25) is 10.1 Å². The number of carbonyl (C=O) groups is 1. The molecule has 0 radical (unpaired) electrons. The van der Waals surface area contributed by atoms with E-state index in [1.807, 2.05) is 0 Å². The van der Waals surface area contributed by atoms with Gasteiger partial charge in [0.15, 0.2) is 5.54 Å². The molecule has 152 valence electrons. The van der Waals surface area contributed by atoms with Gasteiger partial charge in [-0.2, -0.15) is 8.78 Å². The van der Waals surface area contributed by atoms with Crippen LogP contribution in [0.4, 0.5) is 14.5 Å². The largest absolute Gasteiger partial charge is 0.598 e. The van der Waals surface area contributed by atoms with Crippen LogP contribution in [-0.4, -0.2) is 32.7 Å². The zero-order valence-corrected chi connectivity index (χ0v) is 17.0. The smallest absolute Gasteiger partial charge is 0.379 e. The summed E-state index contributed by atoms with van der Waals surface area (Å²) >= 11 is 3.96. The summed E-state index contributed by atoms with van der Waals surface area (Å²) < 4.78 is 48.5. The van der Waals surface area contributed by atoms with Gasteiger partial charge in [0.25, 0.3) is 5.69 Å². The number of nitrogens with zero attached hydrogens (tertiary/aromatic N) is 1. The Morgan fingerprint density at radius 3 is 2.33 bits per heavy atom. The topological polar surface area (TPSA) is 105 Å². The number of nitro benzene ring substituents is 1. The van der Waals surface area contributed by atoms with E-state index in [-0.39, 0.29) is 11.6 Å². The molecular weight excluding hydrogens is 406 g/mol. The average molecular weight is 427 g/mol. The van der Waals surface area contributed by atoms with Crippen LogP contribution in [0.1, 0.15) is 40.2 Å². The Kier molecular flexibility index (Phi) is 7.20. The predicted octanol–water partition coefficient (Wildman–Crippen LogP) is 3.71. The van der Waals surface area contributed by atoms with Crippen LogP contribution in [0.15, 0.2) is 18.2 Å². The van der Waals surface area contributed by atoms with E-state index in [0.717, 1.165) is 25.1 Å². The molecular formula is C16H21ClF2N2O5S. The van der Waals surface area contributed by atoms with Crippen molar-refractivity contribution < 1.29 is 27.8 Å². The van der Waals surface area contributed by atoms with E-state index >= 15 is 8.78 Å². The highest BCUT2D eigenvalue weighted by molar-refractivity contribution is 7.90. The van der Waals surface area contributed by atoms with Crippen LogP contribution in [0.2, 0.25) is 5.02 Å². The second-order valence-electron chi connectivity index (χ2n) is 6.82. The molecule has 0 aliphatic rings. The molecule has 0 bridgehead atoms. The van der Waals surface area contributed by atoms with Crippen LogP contribution in [-0.2, 0) is 26.4 Å². The molecule has 0 aromatic heterocycles. The molecule has 2 atom stereocenters. The van der Waals surface area contributed by atoms with Crippen molar-refractivity contribution in [2.75, 3.05) is 6.61 Å². The molecule has 0 saturated carbocycles. The summed E-state index contributed by atoms with van der Waals surface area (Å²) in [5.74, 6) is -6.10. The van der Waals surface area contributed by atoms with Gasteiger partial charge in [0.05, 0.1) is 11.5 Å². The minimum atomic E-state index is -4.23. The van der Waals surface area contributed by atoms with E-state index in [0.29, 0.717) is 0 Å².